The molecule has 1 aliphatic rings. The number of hydrogen-bond donors (Lipinski definition) is 6. The van der Waals surface area contributed by atoms with Crippen LogP contribution in [-0.4, -0.2) is 105 Å². The van der Waals surface area contributed by atoms with Crippen LogP contribution in [0.25, 0.3) is 0 Å². The molecule has 1 rings (SSSR count). The van der Waals surface area contributed by atoms with E-state index in [0.717, 1.165) is 7.11 Å². The fraction of sp³-hybridized carbons (Fsp3) is 1.00. The van der Waals surface area contributed by atoms with Crippen LogP contribution < -0.4 is 0 Å². The van der Waals surface area contributed by atoms with Crippen molar-refractivity contribution in [3.05, 3.63) is 0 Å². The molecule has 6 N–H and O–H groups in total. The molecular weight excluding hydrogens is 344 g/mol. The van der Waals surface area contributed by atoms with Gasteiger partial charge in [0.2, 0.25) is 10.4 Å². The largest absolute Gasteiger partial charge is 0.726 e. The van der Waals surface area contributed by atoms with E-state index < -0.39 is 57.6 Å². The van der Waals surface area contributed by atoms with E-state index in [1.165, 1.54) is 0 Å². The van der Waals surface area contributed by atoms with Gasteiger partial charge in [0.25, 0.3) is 0 Å². The van der Waals surface area contributed by atoms with Crippen molar-refractivity contribution in [1.82, 2.24) is 0 Å². The van der Waals surface area contributed by atoms with Crippen LogP contribution in [0.2, 0.25) is 0 Å². The maximum Gasteiger partial charge on any atom is 0.217 e. The summed E-state index contributed by atoms with van der Waals surface area (Å²) in [6, 6.07) is 0. The quantitative estimate of drug-likeness (QED) is 0.152. The number of aliphatic hydroxyl groups excluding tert-OH is 6. The van der Waals surface area contributed by atoms with Gasteiger partial charge in [-0.3, -0.25) is 4.18 Å². The molecule has 1 fully saturated rings. The minimum absolute atomic E-state index is 0.168. The minimum atomic E-state index is -4.41. The Balaban J connectivity index is 0.000000626. The van der Waals surface area contributed by atoms with Gasteiger partial charge in [0.1, 0.15) is 35.9 Å². The normalized spacial score (nSPS) is 31.3. The van der Waals surface area contributed by atoms with Crippen molar-refractivity contribution < 1.29 is 47.8 Å². The topological polar surface area (TPSA) is 188 Å². The van der Waals surface area contributed by atoms with E-state index in [9.17, 15) is 33.4 Å². The molecule has 22 heavy (non-hydrogen) atoms. The first kappa shape index (κ1) is 22.0. The van der Waals surface area contributed by atoms with Crippen molar-refractivity contribution in [2.75, 3.05) is 31.8 Å². The van der Waals surface area contributed by atoms with Crippen LogP contribution in [0.1, 0.15) is 0 Å². The lowest BCUT2D eigenvalue weighted by atomic mass is 10.2. The van der Waals surface area contributed by atoms with Gasteiger partial charge in [-0.2, -0.15) is 0 Å². The van der Waals surface area contributed by atoms with Gasteiger partial charge in [0.05, 0.1) is 20.3 Å². The molecule has 12 heteroatoms. The van der Waals surface area contributed by atoms with Crippen LogP contribution in [0.4, 0.5) is 0 Å². The van der Waals surface area contributed by atoms with Crippen molar-refractivity contribution in [3.63, 3.8) is 0 Å². The van der Waals surface area contributed by atoms with Crippen molar-refractivity contribution >= 4 is 21.3 Å². The fourth-order valence-corrected chi connectivity index (χ4v) is 4.46. The fourth-order valence-electron chi connectivity index (χ4n) is 1.74. The monoisotopic (exact) mass is 366 g/mol. The average molecular weight is 366 g/mol. The van der Waals surface area contributed by atoms with Crippen molar-refractivity contribution in [2.45, 2.75) is 29.7 Å². The van der Waals surface area contributed by atoms with Gasteiger partial charge in [0.15, 0.2) is 5.25 Å². The zero-order valence-electron chi connectivity index (χ0n) is 11.8. The van der Waals surface area contributed by atoms with E-state index >= 15 is 0 Å². The van der Waals surface area contributed by atoms with Crippen LogP contribution in [0.5, 0.6) is 0 Å². The lowest BCUT2D eigenvalue weighted by molar-refractivity contribution is -0.00229. The highest BCUT2D eigenvalue weighted by molar-refractivity contribution is 7.97. The van der Waals surface area contributed by atoms with E-state index in [2.05, 4.69) is 4.18 Å². The summed E-state index contributed by atoms with van der Waals surface area (Å²) in [4.78, 5) is 0. The molecule has 0 radical (unpaired) electrons. The van der Waals surface area contributed by atoms with Gasteiger partial charge < -0.3 is 35.2 Å². The molecule has 0 saturated carbocycles. The Labute approximate surface area is 131 Å². The van der Waals surface area contributed by atoms with Crippen LogP contribution in [-0.2, 0) is 25.5 Å². The maximum atomic E-state index is 9.54. The second kappa shape index (κ2) is 9.97. The van der Waals surface area contributed by atoms with Gasteiger partial charge in [-0.1, -0.05) is 0 Å². The first-order chi connectivity index (χ1) is 10.1. The first-order valence-electron chi connectivity index (χ1n) is 6.19. The lowest BCUT2D eigenvalue weighted by Gasteiger charge is -2.17. The molecule has 1 unspecified atom stereocenters. The standard InChI is InChI=1S/C9H19O6S.CH4O4S/c10-1-5(12)6(13)3-16-4-7(14)9(15)8(16)2-11;1-5-6(2,3)4/h5-15H,1-4H2;1H3,(H,2,3,4)/q+1;/p-1/t5-,6+,7-,8-,9+,16?;/m0./s1. The molecular formula is C10H22O10S2. The van der Waals surface area contributed by atoms with Gasteiger partial charge in [0, 0.05) is 10.9 Å². The van der Waals surface area contributed by atoms with Crippen LogP contribution >= 0.6 is 0 Å². The molecule has 0 spiro atoms. The second-order valence-corrected chi connectivity index (χ2v) is 8.04. The number of aliphatic hydroxyl groups is 6. The Morgan fingerprint density at radius 2 is 1.77 bits per heavy atom. The summed E-state index contributed by atoms with van der Waals surface area (Å²) < 4.78 is 31.0. The van der Waals surface area contributed by atoms with E-state index in [-0.39, 0.29) is 12.4 Å². The predicted octanol–water partition coefficient (Wildman–Crippen LogP) is -4.49. The highest BCUT2D eigenvalue weighted by Gasteiger charge is 2.50. The molecule has 1 aliphatic heterocycles. The van der Waals surface area contributed by atoms with Gasteiger partial charge >= 0.3 is 0 Å². The summed E-state index contributed by atoms with van der Waals surface area (Å²) in [6.07, 6.45) is -4.19. The third-order valence-electron chi connectivity index (χ3n) is 2.99. The molecule has 10 nitrogen and oxygen atoms in total. The highest BCUT2D eigenvalue weighted by atomic mass is 32.3. The lowest BCUT2D eigenvalue weighted by Crippen LogP contribution is -2.40. The van der Waals surface area contributed by atoms with Crippen molar-refractivity contribution in [1.29, 1.82) is 0 Å². The highest BCUT2D eigenvalue weighted by Crippen LogP contribution is 2.24. The molecule has 1 saturated heterocycles. The first-order valence-corrected chi connectivity index (χ1v) is 9.15. The summed E-state index contributed by atoms with van der Waals surface area (Å²) in [7, 11) is -4.15. The molecule has 0 aromatic carbocycles. The second-order valence-electron chi connectivity index (χ2n) is 4.54. The Bertz CT molecular complexity index is 403. The molecule has 0 aliphatic carbocycles. The average Bonchev–Trinajstić information content (AvgIpc) is 2.72. The van der Waals surface area contributed by atoms with Gasteiger partial charge in [-0.15, -0.1) is 0 Å². The zero-order chi connectivity index (χ0) is 17.5. The zero-order valence-corrected chi connectivity index (χ0v) is 13.5. The van der Waals surface area contributed by atoms with Crippen LogP contribution in [0.15, 0.2) is 0 Å². The Morgan fingerprint density at radius 1 is 1.27 bits per heavy atom. The Hall–Kier alpha value is -0.0200. The number of hydrogen-bond acceptors (Lipinski definition) is 10. The summed E-state index contributed by atoms with van der Waals surface area (Å²) >= 11 is 0. The molecule has 0 amide bonds. The molecule has 0 aromatic heterocycles. The molecule has 0 aromatic rings. The Morgan fingerprint density at radius 3 is 2.14 bits per heavy atom. The molecule has 1 heterocycles. The smallest absolute Gasteiger partial charge is 0.217 e. The van der Waals surface area contributed by atoms with E-state index in [1.807, 2.05) is 0 Å². The predicted molar refractivity (Wildman–Crippen MR) is 75.8 cm³/mol. The van der Waals surface area contributed by atoms with Crippen molar-refractivity contribution in [3.8, 4) is 0 Å². The molecule has 134 valence electrons. The van der Waals surface area contributed by atoms with Gasteiger partial charge in [-0.05, 0) is 0 Å². The summed E-state index contributed by atoms with van der Waals surface area (Å²) in [5.74, 6) is 0.475. The SMILES string of the molecule is COS(=O)(=O)[O-].OC[C@H](O)[C@H](O)C[S+]1C[C@H](O)[C@@H](O)[C@@H]1CO. The van der Waals surface area contributed by atoms with E-state index in [1.54, 1.807) is 0 Å². The summed E-state index contributed by atoms with van der Waals surface area (Å²) in [5.41, 5.74) is 0. The third-order valence-corrected chi connectivity index (χ3v) is 6.22. The summed E-state index contributed by atoms with van der Waals surface area (Å²) in [5, 5.41) is 54.9. The molecule has 0 bridgehead atoms. The van der Waals surface area contributed by atoms with Crippen LogP contribution in [0, 0.1) is 0 Å². The number of rotatable bonds is 6. The minimum Gasteiger partial charge on any atom is -0.726 e. The molecule has 6 atom stereocenters. The van der Waals surface area contributed by atoms with Gasteiger partial charge in [-0.25, -0.2) is 8.42 Å². The Kier molecular flexibility index (Phi) is 9.96. The third kappa shape index (κ3) is 7.50. The summed E-state index contributed by atoms with van der Waals surface area (Å²) in [6.45, 7) is -0.795. The van der Waals surface area contributed by atoms with E-state index in [0.29, 0.717) is 5.75 Å². The van der Waals surface area contributed by atoms with E-state index in [4.69, 9.17) is 10.2 Å². The maximum absolute atomic E-state index is 9.54. The van der Waals surface area contributed by atoms with Crippen LogP contribution in [0.3, 0.4) is 0 Å². The van der Waals surface area contributed by atoms with Crippen molar-refractivity contribution in [2.24, 2.45) is 0 Å².